The van der Waals surface area contributed by atoms with Crippen LogP contribution in [0.25, 0.3) is 0 Å². The average Bonchev–Trinajstić information content (AvgIpc) is 2.61. The van der Waals surface area contributed by atoms with Crippen LogP contribution in [0.5, 0.6) is 0 Å². The second kappa shape index (κ2) is 9.93. The van der Waals surface area contributed by atoms with Gasteiger partial charge in [0.2, 0.25) is 0 Å². The van der Waals surface area contributed by atoms with Crippen LogP contribution < -0.4 is 5.32 Å². The van der Waals surface area contributed by atoms with Crippen LogP contribution in [0.15, 0.2) is 47.0 Å². The fourth-order valence-electron chi connectivity index (χ4n) is 2.87. The first kappa shape index (κ1) is 18.3. The zero-order valence-electron chi connectivity index (χ0n) is 13.5. The highest BCUT2D eigenvalue weighted by Gasteiger charge is 2.15. The van der Waals surface area contributed by atoms with E-state index in [0.717, 1.165) is 50.9 Å². The van der Waals surface area contributed by atoms with Crippen molar-refractivity contribution >= 4 is 35.6 Å². The van der Waals surface area contributed by atoms with E-state index in [4.69, 9.17) is 9.73 Å². The molecule has 1 aromatic carbocycles. The number of piperidine rings is 1. The van der Waals surface area contributed by atoms with Crippen LogP contribution in [0.3, 0.4) is 0 Å². The first-order valence-electron chi connectivity index (χ1n) is 8.29. The van der Waals surface area contributed by atoms with Crippen molar-refractivity contribution in [2.24, 2.45) is 4.99 Å². The Bertz CT molecular complexity index is 524. The number of nitrogens with one attached hydrogen (secondary N) is 1. The molecule has 5 heteroatoms. The van der Waals surface area contributed by atoms with Gasteiger partial charge in [0.15, 0.2) is 5.96 Å². The Hall–Kier alpha value is -1.08. The van der Waals surface area contributed by atoms with E-state index >= 15 is 0 Å². The predicted molar refractivity (Wildman–Crippen MR) is 107 cm³/mol. The first-order chi connectivity index (χ1) is 10.9. The lowest BCUT2D eigenvalue weighted by molar-refractivity contribution is 0.149. The molecule has 1 saturated heterocycles. The Kier molecular flexibility index (Phi) is 7.88. The van der Waals surface area contributed by atoms with Crippen molar-refractivity contribution in [3.05, 3.63) is 42.0 Å². The number of benzene rings is 1. The smallest absolute Gasteiger partial charge is 0.198 e. The van der Waals surface area contributed by atoms with Gasteiger partial charge >= 0.3 is 0 Å². The van der Waals surface area contributed by atoms with Gasteiger partial charge in [-0.2, -0.15) is 0 Å². The number of guanidine groups is 1. The lowest BCUT2D eigenvalue weighted by Gasteiger charge is -2.30. The van der Waals surface area contributed by atoms with E-state index < -0.39 is 0 Å². The van der Waals surface area contributed by atoms with Gasteiger partial charge in [-0.05, 0) is 43.4 Å². The third-order valence-electron chi connectivity index (χ3n) is 4.10. The van der Waals surface area contributed by atoms with Crippen molar-refractivity contribution in [3.63, 3.8) is 0 Å². The van der Waals surface area contributed by atoms with E-state index in [0.29, 0.717) is 0 Å². The summed E-state index contributed by atoms with van der Waals surface area (Å²) < 4.78 is 5.51. The number of aliphatic imine (C=N–C) groups is 1. The molecule has 1 N–H and O–H groups in total. The fraction of sp³-hybridized carbons (Fsp3) is 0.500. The highest BCUT2D eigenvalue weighted by Crippen LogP contribution is 2.13. The Labute approximate surface area is 156 Å². The van der Waals surface area contributed by atoms with Gasteiger partial charge in [-0.3, -0.25) is 0 Å². The van der Waals surface area contributed by atoms with Crippen molar-refractivity contribution in [3.8, 4) is 0 Å². The number of rotatable bonds is 3. The van der Waals surface area contributed by atoms with E-state index in [1.807, 2.05) is 18.2 Å². The quantitative estimate of drug-likeness (QED) is 0.344. The standard InChI is InChI=1S/C18H25N3O.HI/c1-3-9-17(10-4-1)20-18(21-11-5-2-6-12-21)19-14-16-8-7-13-22-15-16;/h1,3-4,8-10H,2,5-7,11-15H2,(H,19,20);1H. The molecule has 0 aromatic heterocycles. The zero-order chi connectivity index (χ0) is 15.0. The number of halogens is 1. The number of likely N-dealkylation sites (tertiary alicyclic amines) is 1. The second-order valence-corrected chi connectivity index (χ2v) is 5.88. The number of nitrogens with zero attached hydrogens (tertiary/aromatic N) is 2. The summed E-state index contributed by atoms with van der Waals surface area (Å²) in [6.45, 7) is 4.48. The Morgan fingerprint density at radius 2 is 1.91 bits per heavy atom. The van der Waals surface area contributed by atoms with Crippen LogP contribution in [0, 0.1) is 0 Å². The largest absolute Gasteiger partial charge is 0.377 e. The molecule has 0 amide bonds. The lowest BCUT2D eigenvalue weighted by Crippen LogP contribution is -2.40. The zero-order valence-corrected chi connectivity index (χ0v) is 15.9. The lowest BCUT2D eigenvalue weighted by atomic mass is 10.1. The number of anilines is 1. The van der Waals surface area contributed by atoms with Crippen LogP contribution in [-0.4, -0.2) is 43.7 Å². The summed E-state index contributed by atoms with van der Waals surface area (Å²) in [5.74, 6) is 0.998. The summed E-state index contributed by atoms with van der Waals surface area (Å²) in [4.78, 5) is 7.23. The first-order valence-corrected chi connectivity index (χ1v) is 8.29. The summed E-state index contributed by atoms with van der Waals surface area (Å²) >= 11 is 0. The van der Waals surface area contributed by atoms with Crippen molar-refractivity contribution in [1.82, 2.24) is 4.90 Å². The molecule has 0 radical (unpaired) electrons. The molecule has 0 spiro atoms. The van der Waals surface area contributed by atoms with E-state index in [9.17, 15) is 0 Å². The minimum absolute atomic E-state index is 0. The Balaban J connectivity index is 0.00000192. The molecule has 2 aliphatic heterocycles. The fourth-order valence-corrected chi connectivity index (χ4v) is 2.87. The number of hydrogen-bond acceptors (Lipinski definition) is 2. The Morgan fingerprint density at radius 3 is 2.61 bits per heavy atom. The van der Waals surface area contributed by atoms with Crippen LogP contribution in [0.1, 0.15) is 25.7 Å². The molecule has 1 fully saturated rings. The molecular formula is C18H26IN3O. The monoisotopic (exact) mass is 427 g/mol. The van der Waals surface area contributed by atoms with Gasteiger partial charge in [0, 0.05) is 18.8 Å². The highest BCUT2D eigenvalue weighted by molar-refractivity contribution is 14.0. The van der Waals surface area contributed by atoms with Crippen LogP contribution in [-0.2, 0) is 4.74 Å². The van der Waals surface area contributed by atoms with Gasteiger partial charge in [-0.1, -0.05) is 24.3 Å². The summed E-state index contributed by atoms with van der Waals surface area (Å²) in [6, 6.07) is 10.3. The van der Waals surface area contributed by atoms with E-state index in [-0.39, 0.29) is 24.0 Å². The maximum absolute atomic E-state index is 5.51. The Morgan fingerprint density at radius 1 is 1.13 bits per heavy atom. The minimum Gasteiger partial charge on any atom is -0.377 e. The van der Waals surface area contributed by atoms with Gasteiger partial charge < -0.3 is 15.0 Å². The predicted octanol–water partition coefficient (Wildman–Crippen LogP) is 3.91. The summed E-state index contributed by atoms with van der Waals surface area (Å²) in [5.41, 5.74) is 2.39. The molecule has 0 atom stereocenters. The minimum atomic E-state index is 0. The van der Waals surface area contributed by atoms with Gasteiger partial charge in [0.1, 0.15) is 0 Å². The van der Waals surface area contributed by atoms with Crippen LogP contribution >= 0.6 is 24.0 Å². The van der Waals surface area contributed by atoms with Gasteiger partial charge in [0.25, 0.3) is 0 Å². The number of ether oxygens (including phenoxy) is 1. The molecule has 0 aliphatic carbocycles. The molecule has 2 heterocycles. The SMILES string of the molecule is C1=C(CN=C(Nc2ccccc2)N2CCCCC2)COCC1.I. The van der Waals surface area contributed by atoms with Crippen molar-refractivity contribution in [1.29, 1.82) is 0 Å². The third-order valence-corrected chi connectivity index (χ3v) is 4.10. The maximum atomic E-state index is 5.51. The highest BCUT2D eigenvalue weighted by atomic mass is 127. The number of hydrogen-bond donors (Lipinski definition) is 1. The molecule has 23 heavy (non-hydrogen) atoms. The summed E-state index contributed by atoms with van der Waals surface area (Å²) in [5, 5.41) is 3.50. The molecule has 0 unspecified atom stereocenters. The molecule has 3 rings (SSSR count). The topological polar surface area (TPSA) is 36.9 Å². The molecular weight excluding hydrogens is 401 g/mol. The van der Waals surface area contributed by atoms with Gasteiger partial charge in [-0.25, -0.2) is 4.99 Å². The normalized spacial score (nSPS) is 18.9. The second-order valence-electron chi connectivity index (χ2n) is 5.88. The molecule has 2 aliphatic rings. The summed E-state index contributed by atoms with van der Waals surface area (Å²) in [7, 11) is 0. The van der Waals surface area contributed by atoms with Gasteiger partial charge in [0.05, 0.1) is 19.8 Å². The van der Waals surface area contributed by atoms with E-state index in [1.165, 1.54) is 24.8 Å². The van der Waals surface area contributed by atoms with Crippen molar-refractivity contribution in [2.45, 2.75) is 25.7 Å². The summed E-state index contributed by atoms with van der Waals surface area (Å²) in [6.07, 6.45) is 7.11. The third kappa shape index (κ3) is 5.80. The molecule has 0 saturated carbocycles. The van der Waals surface area contributed by atoms with Crippen molar-refractivity contribution < 1.29 is 4.74 Å². The average molecular weight is 427 g/mol. The van der Waals surface area contributed by atoms with Crippen molar-refractivity contribution in [2.75, 3.05) is 38.2 Å². The van der Waals surface area contributed by atoms with Crippen LogP contribution in [0.4, 0.5) is 5.69 Å². The molecule has 0 bridgehead atoms. The van der Waals surface area contributed by atoms with E-state index in [2.05, 4.69) is 28.4 Å². The maximum Gasteiger partial charge on any atom is 0.198 e. The number of para-hydroxylation sites is 1. The molecule has 126 valence electrons. The van der Waals surface area contributed by atoms with Crippen LogP contribution in [0.2, 0.25) is 0 Å². The van der Waals surface area contributed by atoms with E-state index in [1.54, 1.807) is 0 Å². The molecule has 1 aromatic rings. The van der Waals surface area contributed by atoms with Gasteiger partial charge in [-0.15, -0.1) is 24.0 Å². The molecule has 4 nitrogen and oxygen atoms in total.